The van der Waals surface area contributed by atoms with Crippen LogP contribution < -0.4 is 5.43 Å². The number of non-ortho nitro benzene ring substituents is 1. The number of nitrogens with one attached hydrogen (secondary N) is 2. The van der Waals surface area contributed by atoms with Gasteiger partial charge in [-0.1, -0.05) is 36.4 Å². The van der Waals surface area contributed by atoms with Crippen LogP contribution in [0.15, 0.2) is 53.6 Å². The quantitative estimate of drug-likeness (QED) is 0.414. The minimum absolute atomic E-state index is 0.0281. The fraction of sp³-hybridized carbons (Fsp3) is 0.150. The molecule has 0 radical (unpaired) electrons. The summed E-state index contributed by atoms with van der Waals surface area (Å²) in [6.07, 6.45) is 1.57. The van der Waals surface area contributed by atoms with Gasteiger partial charge in [0.05, 0.1) is 16.3 Å². The van der Waals surface area contributed by atoms with E-state index in [4.69, 9.17) is 0 Å². The number of nitro benzene ring substituents is 1. The molecule has 1 amide bonds. The Morgan fingerprint density at radius 2 is 2.04 bits per heavy atom. The first-order valence-corrected chi connectivity index (χ1v) is 8.79. The highest BCUT2D eigenvalue weighted by molar-refractivity contribution is 6.01. The van der Waals surface area contributed by atoms with E-state index in [-0.39, 0.29) is 5.69 Å². The zero-order valence-electron chi connectivity index (χ0n) is 15.1. The molecular formula is C20H17N5O3. The summed E-state index contributed by atoms with van der Waals surface area (Å²) < 4.78 is 0. The molecule has 0 atom stereocenters. The predicted octanol–water partition coefficient (Wildman–Crippen LogP) is 3.24. The molecule has 8 nitrogen and oxygen atoms in total. The third kappa shape index (κ3) is 3.16. The molecule has 0 saturated carbocycles. The molecule has 0 unspecified atom stereocenters. The van der Waals surface area contributed by atoms with Gasteiger partial charge in [-0.25, -0.2) is 5.43 Å². The predicted molar refractivity (Wildman–Crippen MR) is 104 cm³/mol. The molecule has 0 bridgehead atoms. The SMILES string of the molecule is CC(=NNC(=O)c1[nH]nc2c1CCc1ccccc1-2)c1cccc([N+](=O)[O-])c1. The molecule has 0 fully saturated rings. The minimum atomic E-state index is -0.468. The van der Waals surface area contributed by atoms with Crippen molar-refractivity contribution in [1.82, 2.24) is 15.6 Å². The molecule has 0 aliphatic heterocycles. The van der Waals surface area contributed by atoms with Crippen LogP contribution in [-0.4, -0.2) is 26.7 Å². The van der Waals surface area contributed by atoms with E-state index in [9.17, 15) is 14.9 Å². The van der Waals surface area contributed by atoms with E-state index in [1.807, 2.05) is 18.2 Å². The second-order valence-electron chi connectivity index (χ2n) is 6.53. The number of carbonyl (C=O) groups excluding carboxylic acids is 1. The van der Waals surface area contributed by atoms with E-state index in [1.165, 1.54) is 17.7 Å². The number of aromatic nitrogens is 2. The summed E-state index contributed by atoms with van der Waals surface area (Å²) in [6.45, 7) is 1.68. The molecule has 140 valence electrons. The normalized spacial score (nSPS) is 12.8. The Labute approximate surface area is 160 Å². The molecular weight excluding hydrogens is 358 g/mol. The largest absolute Gasteiger partial charge is 0.289 e. The van der Waals surface area contributed by atoms with Gasteiger partial charge in [0, 0.05) is 28.8 Å². The average molecular weight is 375 g/mol. The van der Waals surface area contributed by atoms with Crippen LogP contribution >= 0.6 is 0 Å². The van der Waals surface area contributed by atoms with Crippen molar-refractivity contribution in [3.63, 3.8) is 0 Å². The van der Waals surface area contributed by atoms with Crippen molar-refractivity contribution in [3.05, 3.63) is 81.0 Å². The second-order valence-corrected chi connectivity index (χ2v) is 6.53. The molecule has 1 aromatic heterocycles. The highest BCUT2D eigenvalue weighted by atomic mass is 16.6. The van der Waals surface area contributed by atoms with E-state index in [2.05, 4.69) is 26.8 Å². The van der Waals surface area contributed by atoms with Gasteiger partial charge in [0.2, 0.25) is 0 Å². The van der Waals surface area contributed by atoms with Crippen molar-refractivity contribution in [2.24, 2.45) is 5.10 Å². The molecule has 28 heavy (non-hydrogen) atoms. The number of H-pyrrole nitrogens is 1. The van der Waals surface area contributed by atoms with Crippen LogP contribution in [-0.2, 0) is 12.8 Å². The fourth-order valence-electron chi connectivity index (χ4n) is 3.35. The van der Waals surface area contributed by atoms with Crippen molar-refractivity contribution in [2.75, 3.05) is 0 Å². The molecule has 0 spiro atoms. The molecule has 1 aliphatic rings. The lowest BCUT2D eigenvalue weighted by molar-refractivity contribution is -0.384. The van der Waals surface area contributed by atoms with Crippen molar-refractivity contribution in [1.29, 1.82) is 0 Å². The lowest BCUT2D eigenvalue weighted by Crippen LogP contribution is -2.21. The smallest absolute Gasteiger partial charge is 0.272 e. The van der Waals surface area contributed by atoms with Gasteiger partial charge < -0.3 is 0 Å². The highest BCUT2D eigenvalue weighted by Gasteiger charge is 2.24. The van der Waals surface area contributed by atoms with Crippen LogP contribution in [0.3, 0.4) is 0 Å². The molecule has 0 saturated heterocycles. The van der Waals surface area contributed by atoms with E-state index in [0.717, 1.165) is 29.7 Å². The number of nitrogens with zero attached hydrogens (tertiary/aromatic N) is 3. The zero-order chi connectivity index (χ0) is 19.7. The zero-order valence-corrected chi connectivity index (χ0v) is 15.1. The van der Waals surface area contributed by atoms with Gasteiger partial charge in [0.25, 0.3) is 11.6 Å². The topological polar surface area (TPSA) is 113 Å². The number of benzene rings is 2. The molecule has 1 aliphatic carbocycles. The maximum absolute atomic E-state index is 12.6. The van der Waals surface area contributed by atoms with Crippen LogP contribution in [0.25, 0.3) is 11.3 Å². The summed E-state index contributed by atoms with van der Waals surface area (Å²) in [4.78, 5) is 23.0. The summed E-state index contributed by atoms with van der Waals surface area (Å²) in [5, 5.41) is 22.1. The number of amides is 1. The summed E-state index contributed by atoms with van der Waals surface area (Å²) in [6, 6.07) is 14.1. The molecule has 2 aromatic carbocycles. The molecule has 3 aromatic rings. The van der Waals surface area contributed by atoms with Gasteiger partial charge in [-0.05, 0) is 25.3 Å². The second kappa shape index (κ2) is 7.07. The Hall–Kier alpha value is -3.81. The van der Waals surface area contributed by atoms with Crippen molar-refractivity contribution >= 4 is 17.3 Å². The molecule has 8 heteroatoms. The Morgan fingerprint density at radius 1 is 1.21 bits per heavy atom. The van der Waals surface area contributed by atoms with E-state index in [0.29, 0.717) is 17.0 Å². The van der Waals surface area contributed by atoms with Crippen molar-refractivity contribution < 1.29 is 9.72 Å². The lowest BCUT2D eigenvalue weighted by Gasteiger charge is -2.15. The Kier molecular flexibility index (Phi) is 4.44. The Bertz CT molecular complexity index is 1120. The first-order chi connectivity index (χ1) is 13.5. The Morgan fingerprint density at radius 3 is 2.86 bits per heavy atom. The van der Waals surface area contributed by atoms with Crippen molar-refractivity contribution in [3.8, 4) is 11.3 Å². The van der Waals surface area contributed by atoms with Crippen molar-refractivity contribution in [2.45, 2.75) is 19.8 Å². The number of fused-ring (bicyclic) bond motifs is 3. The van der Waals surface area contributed by atoms with E-state index >= 15 is 0 Å². The third-order valence-electron chi connectivity index (χ3n) is 4.81. The minimum Gasteiger partial charge on any atom is -0.272 e. The monoisotopic (exact) mass is 375 g/mol. The van der Waals surface area contributed by atoms with Gasteiger partial charge in [0.15, 0.2) is 0 Å². The Balaban J connectivity index is 1.56. The van der Waals surface area contributed by atoms with E-state index in [1.54, 1.807) is 19.1 Å². The van der Waals surface area contributed by atoms with Crippen LogP contribution in [0, 0.1) is 10.1 Å². The fourth-order valence-corrected chi connectivity index (χ4v) is 3.35. The maximum atomic E-state index is 12.6. The molecule has 1 heterocycles. The summed E-state index contributed by atoms with van der Waals surface area (Å²) in [7, 11) is 0. The van der Waals surface area contributed by atoms with Gasteiger partial charge in [-0.15, -0.1) is 0 Å². The number of aryl methyl sites for hydroxylation is 1. The van der Waals surface area contributed by atoms with Gasteiger partial charge in [-0.2, -0.15) is 10.2 Å². The summed E-state index contributed by atoms with van der Waals surface area (Å²) in [5.41, 5.74) is 7.83. The number of hydrogen-bond donors (Lipinski definition) is 2. The summed E-state index contributed by atoms with van der Waals surface area (Å²) in [5.74, 6) is -0.391. The lowest BCUT2D eigenvalue weighted by atomic mass is 9.89. The third-order valence-corrected chi connectivity index (χ3v) is 4.81. The van der Waals surface area contributed by atoms with Crippen LogP contribution in [0.1, 0.15) is 34.1 Å². The van der Waals surface area contributed by atoms with Gasteiger partial charge in [-0.3, -0.25) is 20.0 Å². The first-order valence-electron chi connectivity index (χ1n) is 8.79. The number of hydrazone groups is 1. The van der Waals surface area contributed by atoms with Gasteiger partial charge in [0.1, 0.15) is 5.69 Å². The molecule has 4 rings (SSSR count). The number of nitro groups is 1. The average Bonchev–Trinajstić information content (AvgIpc) is 3.16. The first kappa shape index (κ1) is 17.6. The number of carbonyl (C=O) groups is 1. The molecule has 2 N–H and O–H groups in total. The summed E-state index contributed by atoms with van der Waals surface area (Å²) >= 11 is 0. The number of aromatic amines is 1. The number of hydrogen-bond acceptors (Lipinski definition) is 5. The van der Waals surface area contributed by atoms with Crippen LogP contribution in [0.5, 0.6) is 0 Å². The van der Waals surface area contributed by atoms with E-state index < -0.39 is 10.8 Å². The van der Waals surface area contributed by atoms with Crippen LogP contribution in [0.2, 0.25) is 0 Å². The number of rotatable bonds is 4. The standard InChI is InChI=1S/C20H17N5O3/c1-12(14-6-4-7-15(11-14)25(27)28)21-24-20(26)19-17-10-9-13-5-2-3-8-16(13)18(17)22-23-19/h2-8,11H,9-10H2,1H3,(H,22,23)(H,24,26). The van der Waals surface area contributed by atoms with Gasteiger partial charge >= 0.3 is 0 Å². The highest BCUT2D eigenvalue weighted by Crippen LogP contribution is 2.33. The maximum Gasteiger partial charge on any atom is 0.289 e. The van der Waals surface area contributed by atoms with Crippen LogP contribution in [0.4, 0.5) is 5.69 Å².